The maximum absolute atomic E-state index is 13.0. The van der Waals surface area contributed by atoms with E-state index in [0.29, 0.717) is 30.4 Å². The number of carbonyl (C=O) groups excluding carboxylic acids is 1. The first-order valence-corrected chi connectivity index (χ1v) is 8.94. The topological polar surface area (TPSA) is 67.3 Å². The maximum atomic E-state index is 13.0. The number of nitrogens with one attached hydrogen (secondary N) is 1. The summed E-state index contributed by atoms with van der Waals surface area (Å²) in [4.78, 5) is 23.7. The van der Waals surface area contributed by atoms with Crippen molar-refractivity contribution < 1.29 is 9.53 Å². The summed E-state index contributed by atoms with van der Waals surface area (Å²) < 4.78 is 5.69. The largest absolute Gasteiger partial charge is 0.493 e. The first-order chi connectivity index (χ1) is 13.0. The number of carbonyl (C=O) groups is 1. The Kier molecular flexibility index (Phi) is 5.54. The molecule has 0 atom stereocenters. The van der Waals surface area contributed by atoms with Crippen molar-refractivity contribution in [1.82, 2.24) is 15.3 Å². The lowest BCUT2D eigenvalue weighted by molar-refractivity contribution is 0.0948. The lowest BCUT2D eigenvalue weighted by atomic mass is 10.0. The van der Waals surface area contributed by atoms with Gasteiger partial charge in [-0.1, -0.05) is 30.3 Å². The molecule has 0 unspecified atom stereocenters. The van der Waals surface area contributed by atoms with Crippen LogP contribution in [0.5, 0.6) is 5.75 Å². The van der Waals surface area contributed by atoms with E-state index in [1.807, 2.05) is 75.3 Å². The molecule has 140 valence electrons. The number of fused-ring (bicyclic) bond motifs is 1. The van der Waals surface area contributed by atoms with Crippen molar-refractivity contribution in [1.29, 1.82) is 0 Å². The van der Waals surface area contributed by atoms with Gasteiger partial charge in [0.25, 0.3) is 5.91 Å². The van der Waals surface area contributed by atoms with Crippen molar-refractivity contribution in [2.45, 2.75) is 20.4 Å². The van der Waals surface area contributed by atoms with Crippen LogP contribution in [-0.4, -0.2) is 36.6 Å². The molecule has 0 aliphatic rings. The van der Waals surface area contributed by atoms with E-state index in [-0.39, 0.29) is 5.91 Å². The molecule has 0 aliphatic heterocycles. The van der Waals surface area contributed by atoms with Crippen molar-refractivity contribution in [3.05, 3.63) is 59.4 Å². The summed E-state index contributed by atoms with van der Waals surface area (Å²) in [5, 5.41) is 4.84. The first-order valence-electron chi connectivity index (χ1n) is 8.94. The minimum absolute atomic E-state index is 0.182. The van der Waals surface area contributed by atoms with Crippen molar-refractivity contribution in [2.75, 3.05) is 25.6 Å². The van der Waals surface area contributed by atoms with E-state index in [1.54, 1.807) is 0 Å². The van der Waals surface area contributed by atoms with Crippen LogP contribution in [0.15, 0.2) is 42.5 Å². The third-order valence-corrected chi connectivity index (χ3v) is 4.14. The highest BCUT2D eigenvalue weighted by Crippen LogP contribution is 2.28. The average molecular weight is 364 g/mol. The number of anilines is 1. The van der Waals surface area contributed by atoms with Gasteiger partial charge in [-0.25, -0.2) is 9.97 Å². The molecule has 1 amide bonds. The smallest absolute Gasteiger partial charge is 0.256 e. The number of ether oxygens (including phenoxy) is 1. The fourth-order valence-electron chi connectivity index (χ4n) is 2.93. The molecule has 0 fully saturated rings. The van der Waals surface area contributed by atoms with Crippen LogP contribution in [0.25, 0.3) is 10.8 Å². The van der Waals surface area contributed by atoms with Crippen molar-refractivity contribution in [2.24, 2.45) is 0 Å². The standard InChI is InChI=1S/C21H24N4O2/c1-5-27-18-11-10-15-8-6-7-9-17(15)19(18)20(26)22-13-16-12-14(2)23-21(24-16)25(3)4/h6-12H,5,13H2,1-4H3,(H,22,26). The van der Waals surface area contributed by atoms with E-state index >= 15 is 0 Å². The molecular weight excluding hydrogens is 340 g/mol. The van der Waals surface area contributed by atoms with Gasteiger partial charge in [-0.2, -0.15) is 0 Å². The van der Waals surface area contributed by atoms with E-state index in [9.17, 15) is 4.79 Å². The number of nitrogens with zero attached hydrogens (tertiary/aromatic N) is 3. The Morgan fingerprint density at radius 2 is 1.93 bits per heavy atom. The summed E-state index contributed by atoms with van der Waals surface area (Å²) in [6.45, 7) is 4.63. The van der Waals surface area contributed by atoms with Gasteiger partial charge in [0.05, 0.1) is 24.4 Å². The molecule has 6 heteroatoms. The molecule has 0 bridgehead atoms. The molecule has 0 aliphatic carbocycles. The second-order valence-electron chi connectivity index (χ2n) is 6.47. The summed E-state index contributed by atoms with van der Waals surface area (Å²) in [7, 11) is 3.78. The van der Waals surface area contributed by atoms with Crippen LogP contribution in [-0.2, 0) is 6.54 Å². The molecule has 27 heavy (non-hydrogen) atoms. The maximum Gasteiger partial charge on any atom is 0.256 e. The zero-order valence-electron chi connectivity index (χ0n) is 16.1. The molecule has 1 aromatic heterocycles. The average Bonchev–Trinajstić information content (AvgIpc) is 2.65. The monoisotopic (exact) mass is 364 g/mol. The number of amides is 1. The number of benzene rings is 2. The Morgan fingerprint density at radius 3 is 2.67 bits per heavy atom. The van der Waals surface area contributed by atoms with Gasteiger partial charge in [0, 0.05) is 19.8 Å². The summed E-state index contributed by atoms with van der Waals surface area (Å²) >= 11 is 0. The molecule has 1 N–H and O–H groups in total. The van der Waals surface area contributed by atoms with E-state index in [1.165, 1.54) is 0 Å². The van der Waals surface area contributed by atoms with Gasteiger partial charge < -0.3 is 15.0 Å². The number of hydrogen-bond donors (Lipinski definition) is 1. The lowest BCUT2D eigenvalue weighted by Gasteiger charge is -2.15. The molecule has 0 saturated carbocycles. The van der Waals surface area contributed by atoms with Gasteiger partial charge in [0.1, 0.15) is 5.75 Å². The van der Waals surface area contributed by atoms with Crippen LogP contribution in [0.2, 0.25) is 0 Å². The minimum Gasteiger partial charge on any atom is -0.493 e. The van der Waals surface area contributed by atoms with Gasteiger partial charge in [0.15, 0.2) is 0 Å². The summed E-state index contributed by atoms with van der Waals surface area (Å²) in [6.07, 6.45) is 0. The van der Waals surface area contributed by atoms with Gasteiger partial charge >= 0.3 is 0 Å². The van der Waals surface area contributed by atoms with Crippen LogP contribution in [0.3, 0.4) is 0 Å². The molecule has 0 radical (unpaired) electrons. The van der Waals surface area contributed by atoms with Crippen molar-refractivity contribution in [3.8, 4) is 5.75 Å². The second kappa shape index (κ2) is 8.03. The summed E-state index contributed by atoms with van der Waals surface area (Å²) in [5.74, 6) is 1.03. The summed E-state index contributed by atoms with van der Waals surface area (Å²) in [6, 6.07) is 13.5. The molecule has 0 spiro atoms. The highest BCUT2D eigenvalue weighted by molar-refractivity contribution is 6.09. The quantitative estimate of drug-likeness (QED) is 0.727. The SMILES string of the molecule is CCOc1ccc2ccccc2c1C(=O)NCc1cc(C)nc(N(C)C)n1. The Labute approximate surface area is 159 Å². The Bertz CT molecular complexity index is 970. The van der Waals surface area contributed by atoms with Crippen LogP contribution >= 0.6 is 0 Å². The fraction of sp³-hybridized carbons (Fsp3) is 0.286. The van der Waals surface area contributed by atoms with Crippen molar-refractivity contribution in [3.63, 3.8) is 0 Å². The van der Waals surface area contributed by atoms with E-state index in [2.05, 4.69) is 15.3 Å². The third kappa shape index (κ3) is 4.16. The number of aromatic nitrogens is 2. The van der Waals surface area contributed by atoms with Gasteiger partial charge in [-0.3, -0.25) is 4.79 Å². The third-order valence-electron chi connectivity index (χ3n) is 4.14. The predicted molar refractivity (Wildman–Crippen MR) is 107 cm³/mol. The zero-order valence-corrected chi connectivity index (χ0v) is 16.1. The predicted octanol–water partition coefficient (Wildman–Crippen LogP) is 3.33. The van der Waals surface area contributed by atoms with E-state index < -0.39 is 0 Å². The Morgan fingerprint density at radius 1 is 1.15 bits per heavy atom. The molecule has 2 aromatic carbocycles. The summed E-state index contributed by atoms with van der Waals surface area (Å²) in [5.41, 5.74) is 2.17. The number of aryl methyl sites for hydroxylation is 1. The molecular formula is C21H24N4O2. The highest BCUT2D eigenvalue weighted by atomic mass is 16.5. The minimum atomic E-state index is -0.182. The van der Waals surface area contributed by atoms with Gasteiger partial charge in [0.2, 0.25) is 5.95 Å². The lowest BCUT2D eigenvalue weighted by Crippen LogP contribution is -2.25. The van der Waals surface area contributed by atoms with Gasteiger partial charge in [-0.05, 0) is 36.8 Å². The Balaban J connectivity index is 1.89. The van der Waals surface area contributed by atoms with Crippen molar-refractivity contribution >= 4 is 22.6 Å². The highest BCUT2D eigenvalue weighted by Gasteiger charge is 2.17. The zero-order chi connectivity index (χ0) is 19.4. The molecule has 1 heterocycles. The van der Waals surface area contributed by atoms with Gasteiger partial charge in [-0.15, -0.1) is 0 Å². The van der Waals surface area contributed by atoms with Crippen LogP contribution in [0, 0.1) is 6.92 Å². The second-order valence-corrected chi connectivity index (χ2v) is 6.47. The van der Waals surface area contributed by atoms with E-state index in [4.69, 9.17) is 4.74 Å². The van der Waals surface area contributed by atoms with E-state index in [0.717, 1.165) is 22.2 Å². The number of hydrogen-bond acceptors (Lipinski definition) is 5. The fourth-order valence-corrected chi connectivity index (χ4v) is 2.93. The number of rotatable bonds is 6. The Hall–Kier alpha value is -3.15. The first kappa shape index (κ1) is 18.6. The van der Waals surface area contributed by atoms with Crippen LogP contribution < -0.4 is 15.0 Å². The molecule has 3 aromatic rings. The molecule has 3 rings (SSSR count). The normalized spacial score (nSPS) is 10.7. The van der Waals surface area contributed by atoms with Crippen LogP contribution in [0.4, 0.5) is 5.95 Å². The molecule has 6 nitrogen and oxygen atoms in total. The van der Waals surface area contributed by atoms with Crippen LogP contribution in [0.1, 0.15) is 28.7 Å². The molecule has 0 saturated heterocycles.